The quantitative estimate of drug-likeness (QED) is 0.470. The first kappa shape index (κ1) is 27.2. The molecule has 2 atom stereocenters. The summed E-state index contributed by atoms with van der Waals surface area (Å²) in [4.78, 5) is 33.4. The molecule has 13 heteroatoms. The van der Waals surface area contributed by atoms with E-state index in [0.717, 1.165) is 29.9 Å². The number of fused-ring (bicyclic) bond motifs is 5. The van der Waals surface area contributed by atoms with Gasteiger partial charge in [0.1, 0.15) is 0 Å². The lowest BCUT2D eigenvalue weighted by Crippen LogP contribution is -2.52. The maximum absolute atomic E-state index is 13.2. The number of ether oxygens (including phenoxy) is 1. The molecular weight excluding hydrogens is 539 g/mol. The molecule has 3 saturated heterocycles. The number of pyridine rings is 1. The zero-order valence-electron chi connectivity index (χ0n) is 22.2. The van der Waals surface area contributed by atoms with Crippen LogP contribution in [0.3, 0.4) is 0 Å². The Bertz CT molecular complexity index is 1470. The molecule has 10 nitrogen and oxygen atoms in total. The van der Waals surface area contributed by atoms with Gasteiger partial charge in [0.05, 0.1) is 25.2 Å². The van der Waals surface area contributed by atoms with Crippen LogP contribution in [-0.2, 0) is 9.53 Å². The van der Waals surface area contributed by atoms with Gasteiger partial charge < -0.3 is 25.2 Å². The fraction of sp³-hybridized carbons (Fsp3) is 0.429. The van der Waals surface area contributed by atoms with Gasteiger partial charge in [-0.25, -0.2) is 4.52 Å². The minimum absolute atomic E-state index is 0.0127. The number of carbonyl (C=O) groups excluding carboxylic acids is 2. The number of hydrogen-bond donors (Lipinski definition) is 2. The molecule has 3 aromatic rings. The van der Waals surface area contributed by atoms with E-state index in [9.17, 15) is 22.8 Å². The number of carbonyl (C=O) groups is 2. The van der Waals surface area contributed by atoms with Crippen LogP contribution < -0.4 is 10.6 Å². The van der Waals surface area contributed by atoms with Crippen molar-refractivity contribution in [1.82, 2.24) is 29.7 Å². The van der Waals surface area contributed by atoms with Crippen molar-refractivity contribution in [2.24, 2.45) is 0 Å². The molecule has 1 aromatic carbocycles. The van der Waals surface area contributed by atoms with E-state index in [2.05, 4.69) is 20.7 Å². The molecule has 2 unspecified atom stereocenters. The van der Waals surface area contributed by atoms with E-state index in [1.807, 2.05) is 35.2 Å². The van der Waals surface area contributed by atoms with Gasteiger partial charge in [0.15, 0.2) is 5.65 Å². The van der Waals surface area contributed by atoms with Gasteiger partial charge in [-0.2, -0.15) is 18.2 Å². The minimum atomic E-state index is -4.35. The predicted octanol–water partition coefficient (Wildman–Crippen LogP) is 3.24. The lowest BCUT2D eigenvalue weighted by Gasteiger charge is -2.36. The number of alkyl halides is 3. The monoisotopic (exact) mass is 569 g/mol. The third-order valence-corrected chi connectivity index (χ3v) is 7.66. The molecule has 6 heterocycles. The van der Waals surface area contributed by atoms with E-state index in [4.69, 9.17) is 4.74 Å². The molecule has 2 bridgehead atoms. The second kappa shape index (κ2) is 11.1. The SMILES string of the molecule is O=C(CCC(F)(F)F)N1CC=C(c2cccn3nc(Nc4ccc(C(=O)N5CC6CNCC5CO6)cc4)nc23)CC1. The van der Waals surface area contributed by atoms with Crippen molar-refractivity contribution < 1.29 is 27.5 Å². The topological polar surface area (TPSA) is 104 Å². The number of morpholine rings is 1. The van der Waals surface area contributed by atoms with Gasteiger partial charge in [-0.1, -0.05) is 6.08 Å². The van der Waals surface area contributed by atoms with Crippen LogP contribution in [0.15, 0.2) is 48.7 Å². The Morgan fingerprint density at radius 1 is 1.15 bits per heavy atom. The zero-order valence-corrected chi connectivity index (χ0v) is 22.2. The molecule has 0 aliphatic carbocycles. The number of nitrogens with zero attached hydrogens (tertiary/aromatic N) is 5. The maximum atomic E-state index is 13.2. The molecule has 0 radical (unpaired) electrons. The van der Waals surface area contributed by atoms with Crippen LogP contribution in [0.5, 0.6) is 0 Å². The van der Waals surface area contributed by atoms with E-state index in [0.29, 0.717) is 43.3 Å². The van der Waals surface area contributed by atoms with Crippen LogP contribution in [0.2, 0.25) is 0 Å². The lowest BCUT2D eigenvalue weighted by atomic mass is 10.00. The number of nitrogens with one attached hydrogen (secondary N) is 2. The molecule has 2 aromatic heterocycles. The fourth-order valence-corrected chi connectivity index (χ4v) is 5.46. The van der Waals surface area contributed by atoms with Gasteiger partial charge in [0, 0.05) is 62.2 Å². The molecule has 2 N–H and O–H groups in total. The smallest absolute Gasteiger partial charge is 0.373 e. The van der Waals surface area contributed by atoms with Crippen LogP contribution in [-0.4, -0.2) is 93.9 Å². The van der Waals surface area contributed by atoms with Crippen molar-refractivity contribution >= 4 is 34.7 Å². The highest BCUT2D eigenvalue weighted by atomic mass is 19.4. The summed E-state index contributed by atoms with van der Waals surface area (Å²) in [7, 11) is 0. The average Bonchev–Trinajstić information content (AvgIpc) is 3.11. The molecule has 0 saturated carbocycles. The molecule has 41 heavy (non-hydrogen) atoms. The lowest BCUT2D eigenvalue weighted by molar-refractivity contribution is -0.148. The van der Waals surface area contributed by atoms with Crippen LogP contribution >= 0.6 is 0 Å². The van der Waals surface area contributed by atoms with Crippen molar-refractivity contribution in [3.8, 4) is 0 Å². The number of amides is 2. The highest BCUT2D eigenvalue weighted by molar-refractivity contribution is 5.95. The summed E-state index contributed by atoms with van der Waals surface area (Å²) >= 11 is 0. The maximum Gasteiger partial charge on any atom is 0.389 e. The van der Waals surface area contributed by atoms with E-state index in [1.165, 1.54) is 4.90 Å². The number of anilines is 2. The summed E-state index contributed by atoms with van der Waals surface area (Å²) in [5.74, 6) is -0.137. The van der Waals surface area contributed by atoms with Crippen molar-refractivity contribution in [1.29, 1.82) is 0 Å². The second-order valence-electron chi connectivity index (χ2n) is 10.5. The normalized spacial score (nSPS) is 21.1. The number of benzene rings is 1. The summed E-state index contributed by atoms with van der Waals surface area (Å²) < 4.78 is 44.9. The van der Waals surface area contributed by atoms with Gasteiger partial charge in [-0.3, -0.25) is 9.59 Å². The Morgan fingerprint density at radius 3 is 2.73 bits per heavy atom. The highest BCUT2D eigenvalue weighted by Crippen LogP contribution is 2.28. The fourth-order valence-electron chi connectivity index (χ4n) is 5.46. The summed E-state index contributed by atoms with van der Waals surface area (Å²) in [5, 5.41) is 11.0. The molecule has 7 rings (SSSR count). The van der Waals surface area contributed by atoms with E-state index in [1.54, 1.807) is 22.8 Å². The summed E-state index contributed by atoms with van der Waals surface area (Å²) in [6.07, 6.45) is -1.84. The molecule has 2 amide bonds. The zero-order chi connectivity index (χ0) is 28.6. The molecular formula is C28H30F3N7O3. The third kappa shape index (κ3) is 6.05. The second-order valence-corrected chi connectivity index (χ2v) is 10.5. The Morgan fingerprint density at radius 2 is 1.98 bits per heavy atom. The Kier molecular flexibility index (Phi) is 7.39. The van der Waals surface area contributed by atoms with Crippen LogP contribution in [0.4, 0.5) is 24.8 Å². The van der Waals surface area contributed by atoms with Crippen molar-refractivity contribution in [3.63, 3.8) is 0 Å². The summed E-state index contributed by atoms with van der Waals surface area (Å²) in [6.45, 7) is 3.18. The minimum Gasteiger partial charge on any atom is -0.373 e. The first-order chi connectivity index (χ1) is 19.7. The van der Waals surface area contributed by atoms with Gasteiger partial charge in [0.25, 0.3) is 5.91 Å². The molecule has 216 valence electrons. The third-order valence-electron chi connectivity index (χ3n) is 7.66. The first-order valence-corrected chi connectivity index (χ1v) is 13.6. The van der Waals surface area contributed by atoms with Crippen LogP contribution in [0.25, 0.3) is 11.2 Å². The van der Waals surface area contributed by atoms with E-state index < -0.39 is 24.9 Å². The predicted molar refractivity (Wildman–Crippen MR) is 145 cm³/mol. The summed E-state index contributed by atoms with van der Waals surface area (Å²) in [6, 6.07) is 11.0. The van der Waals surface area contributed by atoms with Gasteiger partial charge >= 0.3 is 6.18 Å². The number of halogens is 3. The standard InChI is InChI=1S/C28H30F3N7O3/c29-28(30,31)10-7-24(39)36-12-8-18(9-13-36)23-2-1-11-38-25(23)34-27(35-38)33-20-5-3-19(4-6-20)26(40)37-16-22-15-32-14-21(37)17-41-22/h1-6,8,11,21-22,32H,7,9-10,12-17H2,(H,33,35). The van der Waals surface area contributed by atoms with Crippen LogP contribution in [0, 0.1) is 0 Å². The molecule has 4 aliphatic heterocycles. The Labute approximate surface area is 234 Å². The number of aromatic nitrogens is 3. The molecule has 3 fully saturated rings. The first-order valence-electron chi connectivity index (χ1n) is 13.6. The van der Waals surface area contributed by atoms with Gasteiger partial charge in [-0.05, 0) is 48.4 Å². The number of rotatable bonds is 6. The molecule has 0 spiro atoms. The van der Waals surface area contributed by atoms with Gasteiger partial charge in [-0.15, -0.1) is 5.10 Å². The van der Waals surface area contributed by atoms with E-state index in [-0.39, 0.29) is 24.6 Å². The number of hydrogen-bond acceptors (Lipinski definition) is 7. The van der Waals surface area contributed by atoms with Crippen LogP contribution in [0.1, 0.15) is 35.2 Å². The van der Waals surface area contributed by atoms with Crippen molar-refractivity contribution in [2.75, 3.05) is 44.6 Å². The molecule has 4 aliphatic rings. The van der Waals surface area contributed by atoms with Crippen molar-refractivity contribution in [3.05, 3.63) is 59.8 Å². The summed E-state index contributed by atoms with van der Waals surface area (Å²) in [5.41, 5.74) is 3.76. The van der Waals surface area contributed by atoms with Crippen molar-refractivity contribution in [2.45, 2.75) is 37.6 Å². The van der Waals surface area contributed by atoms with Gasteiger partial charge in [0.2, 0.25) is 11.9 Å². The Hall–Kier alpha value is -3.97. The Balaban J connectivity index is 1.12. The highest BCUT2D eigenvalue weighted by Gasteiger charge is 2.35. The average molecular weight is 570 g/mol. The van der Waals surface area contributed by atoms with E-state index >= 15 is 0 Å². The largest absolute Gasteiger partial charge is 0.389 e.